The van der Waals surface area contributed by atoms with Crippen molar-refractivity contribution >= 4 is 10.9 Å². The molecule has 3 aromatic rings. The van der Waals surface area contributed by atoms with Gasteiger partial charge >= 0.3 is 0 Å². The summed E-state index contributed by atoms with van der Waals surface area (Å²) in [7, 11) is 0. The molecule has 1 aliphatic heterocycles. The number of aliphatic hydroxyl groups is 3. The number of rotatable bonds is 6. The molecule has 0 spiro atoms. The van der Waals surface area contributed by atoms with Gasteiger partial charge in [0.2, 0.25) is 5.88 Å². The van der Waals surface area contributed by atoms with Gasteiger partial charge in [-0.3, -0.25) is 4.68 Å². The van der Waals surface area contributed by atoms with E-state index >= 15 is 0 Å². The van der Waals surface area contributed by atoms with E-state index in [1.165, 1.54) is 6.33 Å². The van der Waals surface area contributed by atoms with E-state index in [9.17, 15) is 15.3 Å². The van der Waals surface area contributed by atoms with Crippen LogP contribution in [-0.2, 0) is 13.2 Å². The average molecular weight is 372 g/mol. The summed E-state index contributed by atoms with van der Waals surface area (Å²) >= 11 is 0. The summed E-state index contributed by atoms with van der Waals surface area (Å²) < 4.78 is 7.32. The van der Waals surface area contributed by atoms with E-state index in [0.717, 1.165) is 10.9 Å². The molecular formula is C17H20N6O4. The fourth-order valence-electron chi connectivity index (χ4n) is 3.20. The molecule has 10 heteroatoms. The minimum Gasteiger partial charge on any atom is -0.470 e. The Balaban J connectivity index is 1.40. The standard InChI is InChI=1S/C17H20N6O4/c24-7-14-16(26)15(25)13(20-14)6-23-5-10(21-22-23)8-27-17-11-3-1-2-4-12(11)18-9-19-17/h1-5,9,13-16,20,24-26H,6-8H2/t13-,14-,15-,16-/m1/s1. The first-order valence-electron chi connectivity index (χ1n) is 8.60. The van der Waals surface area contributed by atoms with Gasteiger partial charge < -0.3 is 25.4 Å². The van der Waals surface area contributed by atoms with Crippen LogP contribution in [0.2, 0.25) is 0 Å². The van der Waals surface area contributed by atoms with Gasteiger partial charge in [-0.05, 0) is 12.1 Å². The van der Waals surface area contributed by atoms with Gasteiger partial charge in [-0.25, -0.2) is 9.97 Å². The molecule has 1 aliphatic rings. The molecule has 3 heterocycles. The van der Waals surface area contributed by atoms with Crippen molar-refractivity contribution in [1.82, 2.24) is 30.3 Å². The topological polar surface area (TPSA) is 138 Å². The molecule has 4 rings (SSSR count). The van der Waals surface area contributed by atoms with Crippen molar-refractivity contribution in [1.29, 1.82) is 0 Å². The predicted molar refractivity (Wildman–Crippen MR) is 93.7 cm³/mol. The molecule has 1 aromatic carbocycles. The van der Waals surface area contributed by atoms with Crippen LogP contribution in [0.4, 0.5) is 0 Å². The van der Waals surface area contributed by atoms with E-state index in [4.69, 9.17) is 4.74 Å². The third-order valence-electron chi connectivity index (χ3n) is 4.63. The number of nitrogens with one attached hydrogen (secondary N) is 1. The van der Waals surface area contributed by atoms with E-state index in [0.29, 0.717) is 18.1 Å². The predicted octanol–water partition coefficient (Wildman–Crippen LogP) is -1.15. The number of ether oxygens (including phenoxy) is 1. The van der Waals surface area contributed by atoms with Crippen molar-refractivity contribution in [2.24, 2.45) is 0 Å². The van der Waals surface area contributed by atoms with Crippen LogP contribution in [0.25, 0.3) is 10.9 Å². The molecule has 2 aromatic heterocycles. The first kappa shape index (κ1) is 17.7. The molecule has 0 bridgehead atoms. The van der Waals surface area contributed by atoms with Gasteiger partial charge in [0.15, 0.2) is 0 Å². The van der Waals surface area contributed by atoms with Gasteiger partial charge in [0.05, 0.1) is 54.5 Å². The van der Waals surface area contributed by atoms with Crippen LogP contribution in [0.5, 0.6) is 5.88 Å². The zero-order valence-electron chi connectivity index (χ0n) is 14.4. The SMILES string of the molecule is OC[C@H]1N[C@H](Cn2cc(COc3ncnc4ccccc34)nn2)[C@@H](O)[C@@H]1O. The molecule has 4 atom stereocenters. The number of aliphatic hydroxyl groups excluding tert-OH is 3. The van der Waals surface area contributed by atoms with Crippen molar-refractivity contribution in [3.05, 3.63) is 42.5 Å². The Morgan fingerprint density at radius 3 is 2.74 bits per heavy atom. The maximum atomic E-state index is 10.1. The molecule has 0 aliphatic carbocycles. The van der Waals surface area contributed by atoms with Gasteiger partial charge in [0.1, 0.15) is 18.6 Å². The molecule has 27 heavy (non-hydrogen) atoms. The average Bonchev–Trinajstić information content (AvgIpc) is 3.26. The van der Waals surface area contributed by atoms with Gasteiger partial charge in [0.25, 0.3) is 0 Å². The number of fused-ring (bicyclic) bond motifs is 1. The molecular weight excluding hydrogens is 352 g/mol. The number of para-hydroxylation sites is 1. The summed E-state index contributed by atoms with van der Waals surface area (Å²) in [5.74, 6) is 0.469. The minimum atomic E-state index is -1.02. The number of nitrogens with zero attached hydrogens (tertiary/aromatic N) is 5. The Morgan fingerprint density at radius 2 is 1.93 bits per heavy atom. The Bertz CT molecular complexity index is 914. The van der Waals surface area contributed by atoms with Gasteiger partial charge in [0, 0.05) is 0 Å². The largest absolute Gasteiger partial charge is 0.470 e. The molecule has 0 amide bonds. The fraction of sp³-hybridized carbons (Fsp3) is 0.412. The molecule has 1 fully saturated rings. The highest BCUT2D eigenvalue weighted by Crippen LogP contribution is 2.21. The highest BCUT2D eigenvalue weighted by molar-refractivity contribution is 5.82. The van der Waals surface area contributed by atoms with Crippen LogP contribution in [0.15, 0.2) is 36.8 Å². The normalized spacial score (nSPS) is 25.1. The summed E-state index contributed by atoms with van der Waals surface area (Å²) in [5, 5.41) is 41.0. The number of hydrogen-bond donors (Lipinski definition) is 4. The molecule has 0 saturated carbocycles. The first-order valence-corrected chi connectivity index (χ1v) is 8.60. The minimum absolute atomic E-state index is 0.184. The second-order valence-electron chi connectivity index (χ2n) is 6.46. The van der Waals surface area contributed by atoms with Crippen LogP contribution < -0.4 is 10.1 Å². The highest BCUT2D eigenvalue weighted by atomic mass is 16.5. The van der Waals surface area contributed by atoms with Crippen LogP contribution in [0, 0.1) is 0 Å². The van der Waals surface area contributed by atoms with Crippen molar-refractivity contribution in [3.8, 4) is 5.88 Å². The molecule has 142 valence electrons. The van der Waals surface area contributed by atoms with E-state index in [1.54, 1.807) is 10.9 Å². The zero-order chi connectivity index (χ0) is 18.8. The van der Waals surface area contributed by atoms with Crippen LogP contribution in [0.1, 0.15) is 5.69 Å². The number of benzene rings is 1. The maximum Gasteiger partial charge on any atom is 0.224 e. The Labute approximate surface area is 154 Å². The molecule has 10 nitrogen and oxygen atoms in total. The lowest BCUT2D eigenvalue weighted by atomic mass is 10.1. The second kappa shape index (κ2) is 7.53. The third kappa shape index (κ3) is 3.60. The van der Waals surface area contributed by atoms with Crippen LogP contribution >= 0.6 is 0 Å². The number of hydrogen-bond acceptors (Lipinski definition) is 9. The first-order chi connectivity index (χ1) is 13.2. The van der Waals surface area contributed by atoms with Crippen LogP contribution in [-0.4, -0.2) is 71.2 Å². The van der Waals surface area contributed by atoms with Crippen molar-refractivity contribution in [2.75, 3.05) is 6.61 Å². The third-order valence-corrected chi connectivity index (χ3v) is 4.63. The summed E-state index contributed by atoms with van der Waals surface area (Å²) in [6.45, 7) is 0.236. The van der Waals surface area contributed by atoms with E-state index in [1.807, 2.05) is 24.3 Å². The van der Waals surface area contributed by atoms with Crippen molar-refractivity contribution < 1.29 is 20.1 Å². The number of aromatic nitrogens is 5. The van der Waals surface area contributed by atoms with E-state index in [2.05, 4.69) is 25.6 Å². The van der Waals surface area contributed by atoms with Crippen LogP contribution in [0.3, 0.4) is 0 Å². The van der Waals surface area contributed by atoms with Gasteiger partial charge in [-0.1, -0.05) is 17.3 Å². The van der Waals surface area contributed by atoms with Crippen molar-refractivity contribution in [2.45, 2.75) is 37.4 Å². The molecule has 1 saturated heterocycles. The Kier molecular flexibility index (Phi) is 4.94. The monoisotopic (exact) mass is 372 g/mol. The maximum absolute atomic E-state index is 10.1. The molecule has 0 unspecified atom stereocenters. The quantitative estimate of drug-likeness (QED) is 0.423. The Hall–Kier alpha value is -2.66. The lowest BCUT2D eigenvalue weighted by Crippen LogP contribution is -2.38. The summed E-state index contributed by atoms with van der Waals surface area (Å²) in [6.07, 6.45) is 1.15. The lowest BCUT2D eigenvalue weighted by molar-refractivity contribution is 0.0175. The van der Waals surface area contributed by atoms with Gasteiger partial charge in [-0.15, -0.1) is 5.10 Å². The Morgan fingerprint density at radius 1 is 1.11 bits per heavy atom. The second-order valence-corrected chi connectivity index (χ2v) is 6.46. The van der Waals surface area contributed by atoms with Crippen molar-refractivity contribution in [3.63, 3.8) is 0 Å². The van der Waals surface area contributed by atoms with E-state index < -0.39 is 24.3 Å². The van der Waals surface area contributed by atoms with Gasteiger partial charge in [-0.2, -0.15) is 0 Å². The zero-order valence-corrected chi connectivity index (χ0v) is 14.4. The highest BCUT2D eigenvalue weighted by Gasteiger charge is 2.40. The smallest absolute Gasteiger partial charge is 0.224 e. The lowest BCUT2D eigenvalue weighted by Gasteiger charge is -2.15. The fourth-order valence-corrected chi connectivity index (χ4v) is 3.20. The summed E-state index contributed by atoms with van der Waals surface area (Å²) in [5.41, 5.74) is 1.40. The van der Waals surface area contributed by atoms with E-state index in [-0.39, 0.29) is 13.2 Å². The molecule has 0 radical (unpaired) electrons. The molecule has 4 N–H and O–H groups in total. The summed E-state index contributed by atoms with van der Waals surface area (Å²) in [6, 6.07) is 6.57. The summed E-state index contributed by atoms with van der Waals surface area (Å²) in [4.78, 5) is 8.36.